The van der Waals surface area contributed by atoms with Crippen molar-refractivity contribution >= 4 is 22.5 Å². The number of aromatic nitrogens is 1. The molecule has 0 aliphatic rings. The van der Waals surface area contributed by atoms with Crippen LogP contribution in [-0.2, 0) is 13.0 Å². The van der Waals surface area contributed by atoms with Crippen molar-refractivity contribution in [2.24, 2.45) is 5.73 Å². The van der Waals surface area contributed by atoms with Gasteiger partial charge in [-0.05, 0) is 42.3 Å². The molecule has 0 fully saturated rings. The predicted molar refractivity (Wildman–Crippen MR) is 85.3 cm³/mol. The van der Waals surface area contributed by atoms with E-state index in [9.17, 15) is 0 Å². The van der Waals surface area contributed by atoms with Crippen molar-refractivity contribution in [2.75, 3.05) is 6.54 Å². The van der Waals surface area contributed by atoms with Crippen LogP contribution in [0.5, 0.6) is 0 Å². The van der Waals surface area contributed by atoms with Crippen LogP contribution in [0.25, 0.3) is 10.9 Å². The summed E-state index contributed by atoms with van der Waals surface area (Å²) in [6.45, 7) is 1.50. The number of para-hydroxylation sites is 1. The zero-order chi connectivity index (χ0) is 13.9. The molecule has 0 saturated carbocycles. The summed E-state index contributed by atoms with van der Waals surface area (Å²) in [7, 11) is 0. The van der Waals surface area contributed by atoms with Gasteiger partial charge in [-0.1, -0.05) is 41.9 Å². The molecule has 0 radical (unpaired) electrons. The normalized spacial score (nSPS) is 11.1. The Morgan fingerprint density at radius 3 is 2.70 bits per heavy atom. The van der Waals surface area contributed by atoms with Gasteiger partial charge in [0.1, 0.15) is 0 Å². The Hall–Kier alpha value is -1.77. The zero-order valence-corrected chi connectivity index (χ0v) is 12.0. The number of hydrogen-bond donors (Lipinski definition) is 1. The lowest BCUT2D eigenvalue weighted by Gasteiger charge is -2.06. The molecule has 0 unspecified atom stereocenters. The van der Waals surface area contributed by atoms with E-state index in [1.165, 1.54) is 22.0 Å². The molecule has 102 valence electrons. The third-order valence-corrected chi connectivity index (χ3v) is 3.76. The van der Waals surface area contributed by atoms with Crippen LogP contribution in [0.1, 0.15) is 11.1 Å². The van der Waals surface area contributed by atoms with E-state index in [0.29, 0.717) is 6.54 Å². The summed E-state index contributed by atoms with van der Waals surface area (Å²) in [5.41, 5.74) is 9.47. The highest BCUT2D eigenvalue weighted by atomic mass is 35.5. The first-order valence-electron chi connectivity index (χ1n) is 6.79. The van der Waals surface area contributed by atoms with E-state index in [2.05, 4.69) is 41.1 Å². The van der Waals surface area contributed by atoms with E-state index in [4.69, 9.17) is 17.3 Å². The second-order valence-electron chi connectivity index (χ2n) is 4.97. The van der Waals surface area contributed by atoms with Gasteiger partial charge in [0.2, 0.25) is 0 Å². The fourth-order valence-electron chi connectivity index (χ4n) is 2.64. The number of nitrogens with two attached hydrogens (primary N) is 1. The van der Waals surface area contributed by atoms with Gasteiger partial charge in [0, 0.05) is 28.7 Å². The summed E-state index contributed by atoms with van der Waals surface area (Å²) < 4.78 is 2.27. The monoisotopic (exact) mass is 284 g/mol. The van der Waals surface area contributed by atoms with E-state index in [1.54, 1.807) is 0 Å². The summed E-state index contributed by atoms with van der Waals surface area (Å²) in [5.74, 6) is 0. The Labute approximate surface area is 123 Å². The van der Waals surface area contributed by atoms with E-state index in [-0.39, 0.29) is 0 Å². The van der Waals surface area contributed by atoms with Crippen molar-refractivity contribution in [3.8, 4) is 0 Å². The molecule has 1 aromatic heterocycles. The minimum Gasteiger partial charge on any atom is -0.343 e. The molecule has 0 saturated heterocycles. The second-order valence-corrected chi connectivity index (χ2v) is 5.40. The Morgan fingerprint density at radius 2 is 1.90 bits per heavy atom. The van der Waals surface area contributed by atoms with Gasteiger partial charge in [-0.2, -0.15) is 0 Å². The zero-order valence-electron chi connectivity index (χ0n) is 11.2. The van der Waals surface area contributed by atoms with Gasteiger partial charge in [-0.15, -0.1) is 0 Å². The summed E-state index contributed by atoms with van der Waals surface area (Å²) in [6.07, 6.45) is 3.11. The Kier molecular flexibility index (Phi) is 3.77. The largest absolute Gasteiger partial charge is 0.343 e. The fraction of sp³-hybridized carbons (Fsp3) is 0.176. The fourth-order valence-corrected chi connectivity index (χ4v) is 2.85. The van der Waals surface area contributed by atoms with Crippen molar-refractivity contribution in [3.05, 3.63) is 70.9 Å². The molecule has 0 aliphatic carbocycles. The average molecular weight is 285 g/mol. The smallest absolute Gasteiger partial charge is 0.0486 e. The van der Waals surface area contributed by atoms with Gasteiger partial charge in [0.15, 0.2) is 0 Å². The minimum atomic E-state index is 0.672. The van der Waals surface area contributed by atoms with Crippen molar-refractivity contribution in [1.82, 2.24) is 4.57 Å². The molecule has 1 heterocycles. The molecule has 2 aromatic carbocycles. The molecule has 0 aliphatic heterocycles. The van der Waals surface area contributed by atoms with Crippen LogP contribution in [0.15, 0.2) is 54.7 Å². The molecule has 20 heavy (non-hydrogen) atoms. The highest BCUT2D eigenvalue weighted by Gasteiger charge is 2.07. The number of benzene rings is 2. The average Bonchev–Trinajstić information content (AvgIpc) is 2.78. The quantitative estimate of drug-likeness (QED) is 0.775. The van der Waals surface area contributed by atoms with E-state index >= 15 is 0 Å². The molecule has 0 bridgehead atoms. The van der Waals surface area contributed by atoms with Crippen LogP contribution in [0.2, 0.25) is 5.02 Å². The highest BCUT2D eigenvalue weighted by Crippen LogP contribution is 2.23. The molecule has 0 atom stereocenters. The number of nitrogens with zero attached hydrogens (tertiary/aromatic N) is 1. The summed E-state index contributed by atoms with van der Waals surface area (Å²) in [4.78, 5) is 0. The SMILES string of the molecule is NCCc1cn(Cc2cccc(Cl)c2)c2ccccc12. The standard InChI is InChI=1S/C17H17ClN2/c18-15-5-3-4-13(10-15)11-20-12-14(8-9-19)16-6-1-2-7-17(16)20/h1-7,10,12H,8-9,11,19H2. The summed E-state index contributed by atoms with van der Waals surface area (Å²) in [5, 5.41) is 2.07. The summed E-state index contributed by atoms with van der Waals surface area (Å²) in [6, 6.07) is 16.5. The van der Waals surface area contributed by atoms with Crippen molar-refractivity contribution in [3.63, 3.8) is 0 Å². The van der Waals surface area contributed by atoms with E-state index in [1.807, 2.05) is 18.2 Å². The molecule has 3 rings (SSSR count). The Balaban J connectivity index is 2.03. The van der Waals surface area contributed by atoms with Crippen molar-refractivity contribution in [2.45, 2.75) is 13.0 Å². The van der Waals surface area contributed by atoms with Gasteiger partial charge in [-0.25, -0.2) is 0 Å². The first-order chi connectivity index (χ1) is 9.78. The third kappa shape index (κ3) is 2.58. The number of hydrogen-bond acceptors (Lipinski definition) is 1. The Morgan fingerprint density at radius 1 is 1.05 bits per heavy atom. The summed E-state index contributed by atoms with van der Waals surface area (Å²) >= 11 is 6.06. The molecule has 0 spiro atoms. The second kappa shape index (κ2) is 5.70. The van der Waals surface area contributed by atoms with Crippen LogP contribution in [0, 0.1) is 0 Å². The van der Waals surface area contributed by atoms with Crippen LogP contribution < -0.4 is 5.73 Å². The van der Waals surface area contributed by atoms with Crippen LogP contribution in [0.3, 0.4) is 0 Å². The topological polar surface area (TPSA) is 30.9 Å². The number of fused-ring (bicyclic) bond motifs is 1. The lowest BCUT2D eigenvalue weighted by molar-refractivity contribution is 0.827. The van der Waals surface area contributed by atoms with Gasteiger partial charge < -0.3 is 10.3 Å². The van der Waals surface area contributed by atoms with Crippen LogP contribution >= 0.6 is 11.6 Å². The maximum Gasteiger partial charge on any atom is 0.0486 e. The van der Waals surface area contributed by atoms with E-state index in [0.717, 1.165) is 18.0 Å². The van der Waals surface area contributed by atoms with Crippen molar-refractivity contribution < 1.29 is 0 Å². The molecule has 3 heteroatoms. The lowest BCUT2D eigenvalue weighted by atomic mass is 10.1. The molecular weight excluding hydrogens is 268 g/mol. The first-order valence-corrected chi connectivity index (χ1v) is 7.17. The minimum absolute atomic E-state index is 0.672. The van der Waals surface area contributed by atoms with Gasteiger partial charge >= 0.3 is 0 Å². The predicted octanol–water partition coefficient (Wildman–Crippen LogP) is 3.84. The molecule has 0 amide bonds. The maximum atomic E-state index is 6.06. The van der Waals surface area contributed by atoms with Gasteiger partial charge in [0.05, 0.1) is 0 Å². The number of halogens is 1. The van der Waals surface area contributed by atoms with Crippen LogP contribution in [-0.4, -0.2) is 11.1 Å². The van der Waals surface area contributed by atoms with E-state index < -0.39 is 0 Å². The highest BCUT2D eigenvalue weighted by molar-refractivity contribution is 6.30. The van der Waals surface area contributed by atoms with Crippen LogP contribution in [0.4, 0.5) is 0 Å². The molecule has 3 aromatic rings. The van der Waals surface area contributed by atoms with Gasteiger partial charge in [-0.3, -0.25) is 0 Å². The first kappa shape index (κ1) is 13.2. The lowest BCUT2D eigenvalue weighted by Crippen LogP contribution is -2.02. The van der Waals surface area contributed by atoms with Crippen molar-refractivity contribution in [1.29, 1.82) is 0 Å². The van der Waals surface area contributed by atoms with Gasteiger partial charge in [0.25, 0.3) is 0 Å². The number of rotatable bonds is 4. The Bertz CT molecular complexity index is 731. The molecule has 2 N–H and O–H groups in total. The maximum absolute atomic E-state index is 6.06. The molecule has 2 nitrogen and oxygen atoms in total. The molecular formula is C17H17ClN2. The third-order valence-electron chi connectivity index (χ3n) is 3.53.